The monoisotopic (exact) mass is 371 g/mol. The number of fused-ring (bicyclic) bond motifs is 1. The zero-order valence-corrected chi connectivity index (χ0v) is 15.5. The van der Waals surface area contributed by atoms with Gasteiger partial charge in [0.2, 0.25) is 5.91 Å². The molecule has 1 aliphatic carbocycles. The summed E-state index contributed by atoms with van der Waals surface area (Å²) in [4.78, 5) is 36.0. The topological polar surface area (TPSA) is 100 Å². The van der Waals surface area contributed by atoms with Crippen molar-refractivity contribution in [1.29, 1.82) is 0 Å². The summed E-state index contributed by atoms with van der Waals surface area (Å²) in [7, 11) is 0. The molecule has 144 valence electrons. The van der Waals surface area contributed by atoms with E-state index in [1.807, 2.05) is 18.2 Å². The Bertz CT molecular complexity index is 837. The lowest BCUT2D eigenvalue weighted by Crippen LogP contribution is -2.46. The van der Waals surface area contributed by atoms with Gasteiger partial charge in [-0.15, -0.1) is 0 Å². The van der Waals surface area contributed by atoms with Crippen LogP contribution in [-0.4, -0.2) is 24.3 Å². The molecule has 0 saturated heterocycles. The fourth-order valence-corrected chi connectivity index (χ4v) is 3.52. The summed E-state index contributed by atoms with van der Waals surface area (Å²) in [6, 6.07) is 7.33. The number of carbonyl (C=O) groups is 3. The van der Waals surface area contributed by atoms with Crippen LogP contribution in [0.5, 0.6) is 0 Å². The molecule has 0 spiro atoms. The van der Waals surface area contributed by atoms with Crippen molar-refractivity contribution in [3.63, 3.8) is 0 Å². The minimum atomic E-state index is -0.536. The molecule has 3 amide bonds. The van der Waals surface area contributed by atoms with Crippen LogP contribution < -0.4 is 16.2 Å². The Labute approximate surface area is 157 Å². The van der Waals surface area contributed by atoms with Gasteiger partial charge < -0.3 is 9.73 Å². The predicted octanol–water partition coefficient (Wildman–Crippen LogP) is 2.59. The van der Waals surface area contributed by atoms with Crippen LogP contribution in [0, 0.1) is 12.8 Å². The lowest BCUT2D eigenvalue weighted by Gasteiger charge is -2.20. The second-order valence-corrected chi connectivity index (χ2v) is 7.04. The average molecular weight is 371 g/mol. The lowest BCUT2D eigenvalue weighted by molar-refractivity contribution is -0.127. The molecule has 0 bridgehead atoms. The van der Waals surface area contributed by atoms with Gasteiger partial charge >= 0.3 is 5.91 Å². The Morgan fingerprint density at radius 3 is 2.52 bits per heavy atom. The second-order valence-electron chi connectivity index (χ2n) is 7.04. The van der Waals surface area contributed by atoms with Crippen LogP contribution in [0.4, 0.5) is 0 Å². The Morgan fingerprint density at radius 2 is 1.78 bits per heavy atom. The van der Waals surface area contributed by atoms with Gasteiger partial charge in [-0.25, -0.2) is 0 Å². The number of hydrazine groups is 1. The predicted molar refractivity (Wildman–Crippen MR) is 101 cm³/mol. The zero-order chi connectivity index (χ0) is 19.2. The second kappa shape index (κ2) is 8.70. The first-order chi connectivity index (χ1) is 13.0. The van der Waals surface area contributed by atoms with E-state index in [9.17, 15) is 14.4 Å². The van der Waals surface area contributed by atoms with Crippen molar-refractivity contribution < 1.29 is 18.8 Å². The molecule has 0 radical (unpaired) electrons. The number of hydrogen-bond donors (Lipinski definition) is 3. The highest BCUT2D eigenvalue weighted by Crippen LogP contribution is 2.26. The van der Waals surface area contributed by atoms with Crippen molar-refractivity contribution in [2.45, 2.75) is 45.4 Å². The van der Waals surface area contributed by atoms with E-state index in [1.54, 1.807) is 13.0 Å². The maximum atomic E-state index is 12.2. The molecule has 1 aromatic carbocycles. The Morgan fingerprint density at radius 1 is 1.04 bits per heavy atom. The van der Waals surface area contributed by atoms with Crippen molar-refractivity contribution >= 4 is 28.7 Å². The van der Waals surface area contributed by atoms with Crippen molar-refractivity contribution in [2.24, 2.45) is 5.92 Å². The average Bonchev–Trinajstić information content (AvgIpc) is 3.02. The number of furan rings is 1. The molecular formula is C20H25N3O4. The van der Waals surface area contributed by atoms with Crippen LogP contribution in [0.2, 0.25) is 0 Å². The van der Waals surface area contributed by atoms with E-state index in [0.717, 1.165) is 18.2 Å². The highest BCUT2D eigenvalue weighted by Gasteiger charge is 2.19. The van der Waals surface area contributed by atoms with E-state index in [1.165, 1.54) is 19.3 Å². The molecule has 1 fully saturated rings. The van der Waals surface area contributed by atoms with Crippen molar-refractivity contribution in [2.75, 3.05) is 6.54 Å². The summed E-state index contributed by atoms with van der Waals surface area (Å²) < 4.78 is 5.54. The maximum Gasteiger partial charge on any atom is 0.305 e. The van der Waals surface area contributed by atoms with Crippen LogP contribution in [-0.2, 0) is 9.59 Å². The molecule has 7 nitrogen and oxygen atoms in total. The third-order valence-corrected chi connectivity index (χ3v) is 5.01. The highest BCUT2D eigenvalue weighted by molar-refractivity contribution is 5.99. The van der Waals surface area contributed by atoms with Crippen LogP contribution in [0.3, 0.4) is 0 Å². The van der Waals surface area contributed by atoms with Crippen LogP contribution in [0.15, 0.2) is 28.7 Å². The maximum absolute atomic E-state index is 12.2. The zero-order valence-electron chi connectivity index (χ0n) is 15.5. The summed E-state index contributed by atoms with van der Waals surface area (Å²) in [5, 5.41) is 3.45. The van der Waals surface area contributed by atoms with E-state index in [2.05, 4.69) is 16.2 Å². The first kappa shape index (κ1) is 18.9. The summed E-state index contributed by atoms with van der Waals surface area (Å²) in [5.74, 6) is -0.591. The molecule has 1 aromatic heterocycles. The van der Waals surface area contributed by atoms with Gasteiger partial charge in [0, 0.05) is 17.4 Å². The number of hydrogen-bond acceptors (Lipinski definition) is 4. The van der Waals surface area contributed by atoms with Gasteiger partial charge in [-0.2, -0.15) is 0 Å². The third kappa shape index (κ3) is 4.87. The summed E-state index contributed by atoms with van der Waals surface area (Å²) >= 11 is 0. The fourth-order valence-electron chi connectivity index (χ4n) is 3.52. The molecule has 7 heteroatoms. The van der Waals surface area contributed by atoms with Gasteiger partial charge in [-0.1, -0.05) is 37.5 Å². The minimum Gasteiger partial charge on any atom is -0.451 e. The van der Waals surface area contributed by atoms with Gasteiger partial charge in [0.1, 0.15) is 5.58 Å². The van der Waals surface area contributed by atoms with E-state index in [-0.39, 0.29) is 18.2 Å². The normalized spacial score (nSPS) is 14.7. The number of benzene rings is 1. The van der Waals surface area contributed by atoms with E-state index in [0.29, 0.717) is 23.5 Å². The van der Waals surface area contributed by atoms with Crippen LogP contribution >= 0.6 is 0 Å². The van der Waals surface area contributed by atoms with E-state index < -0.39 is 11.8 Å². The quantitative estimate of drug-likeness (QED) is 0.703. The Kier molecular flexibility index (Phi) is 6.11. The van der Waals surface area contributed by atoms with Gasteiger partial charge in [0.05, 0.1) is 6.54 Å². The SMILES string of the molecule is Cc1c(C(=O)NNC(=O)CNC(=O)CC2CCCCC2)oc2ccccc12. The lowest BCUT2D eigenvalue weighted by atomic mass is 9.87. The van der Waals surface area contributed by atoms with E-state index in [4.69, 9.17) is 4.42 Å². The van der Waals surface area contributed by atoms with Gasteiger partial charge in [0.25, 0.3) is 5.91 Å². The van der Waals surface area contributed by atoms with Gasteiger partial charge in [-0.05, 0) is 31.7 Å². The molecule has 3 N–H and O–H groups in total. The van der Waals surface area contributed by atoms with Crippen LogP contribution in [0.25, 0.3) is 11.0 Å². The van der Waals surface area contributed by atoms with Crippen molar-refractivity contribution in [1.82, 2.24) is 16.2 Å². The molecule has 0 unspecified atom stereocenters. The summed E-state index contributed by atoms with van der Waals surface area (Å²) in [5.41, 5.74) is 5.94. The number of nitrogens with one attached hydrogen (secondary N) is 3. The molecule has 1 aliphatic rings. The number of aryl methyl sites for hydroxylation is 1. The van der Waals surface area contributed by atoms with Gasteiger partial charge in [0.15, 0.2) is 5.76 Å². The number of rotatable bonds is 5. The first-order valence-electron chi connectivity index (χ1n) is 9.38. The first-order valence-corrected chi connectivity index (χ1v) is 9.38. The Balaban J connectivity index is 1.43. The number of amides is 3. The molecule has 2 aromatic rings. The van der Waals surface area contributed by atoms with Crippen molar-refractivity contribution in [3.05, 3.63) is 35.6 Å². The highest BCUT2D eigenvalue weighted by atomic mass is 16.3. The smallest absolute Gasteiger partial charge is 0.305 e. The van der Waals surface area contributed by atoms with Crippen molar-refractivity contribution in [3.8, 4) is 0 Å². The molecule has 1 heterocycles. The molecule has 3 rings (SSSR count). The molecule has 27 heavy (non-hydrogen) atoms. The van der Waals surface area contributed by atoms with E-state index >= 15 is 0 Å². The largest absolute Gasteiger partial charge is 0.451 e. The summed E-state index contributed by atoms with van der Waals surface area (Å²) in [6.07, 6.45) is 6.19. The number of para-hydroxylation sites is 1. The Hall–Kier alpha value is -2.83. The standard InChI is InChI=1S/C20H25N3O4/c1-13-15-9-5-6-10-16(15)27-19(13)20(26)23-22-18(25)12-21-17(24)11-14-7-3-2-4-8-14/h5-6,9-10,14H,2-4,7-8,11-12H2,1H3,(H,21,24)(H,22,25)(H,23,26). The molecular weight excluding hydrogens is 346 g/mol. The fraction of sp³-hybridized carbons (Fsp3) is 0.450. The summed E-state index contributed by atoms with van der Waals surface area (Å²) in [6.45, 7) is 1.61. The minimum absolute atomic E-state index is 0.128. The van der Waals surface area contributed by atoms with Crippen LogP contribution in [0.1, 0.15) is 54.6 Å². The van der Waals surface area contributed by atoms with Gasteiger partial charge in [-0.3, -0.25) is 25.2 Å². The number of carbonyl (C=O) groups excluding carboxylic acids is 3. The molecule has 1 saturated carbocycles. The molecule has 0 atom stereocenters. The third-order valence-electron chi connectivity index (χ3n) is 5.01. The molecule has 0 aliphatic heterocycles.